The zero-order valence-electron chi connectivity index (χ0n) is 11.7. The van der Waals surface area contributed by atoms with Gasteiger partial charge in [-0.2, -0.15) is 0 Å². The number of amides is 1. The minimum atomic E-state index is 0.0914. The number of hydrazine groups is 1. The summed E-state index contributed by atoms with van der Waals surface area (Å²) in [5, 5.41) is 5.67. The van der Waals surface area contributed by atoms with Crippen LogP contribution in [0.5, 0.6) is 5.75 Å². The van der Waals surface area contributed by atoms with E-state index in [1.165, 1.54) is 0 Å². The molecule has 108 valence electrons. The largest absolute Gasteiger partial charge is 0.497 e. The van der Waals surface area contributed by atoms with E-state index < -0.39 is 0 Å². The molecule has 1 aromatic heterocycles. The molecule has 0 aliphatic carbocycles. The number of hydrogen-bond acceptors (Lipinski definition) is 4. The van der Waals surface area contributed by atoms with E-state index in [1.54, 1.807) is 23.5 Å². The zero-order chi connectivity index (χ0) is 14.7. The second kappa shape index (κ2) is 6.01. The van der Waals surface area contributed by atoms with Gasteiger partial charge in [0.05, 0.1) is 19.3 Å². The van der Waals surface area contributed by atoms with Crippen molar-refractivity contribution in [3.63, 3.8) is 0 Å². The van der Waals surface area contributed by atoms with E-state index in [-0.39, 0.29) is 5.91 Å². The van der Waals surface area contributed by atoms with Gasteiger partial charge in [0.1, 0.15) is 5.75 Å². The molecule has 1 aromatic carbocycles. The summed E-state index contributed by atoms with van der Waals surface area (Å²) in [6.07, 6.45) is 4.25. The summed E-state index contributed by atoms with van der Waals surface area (Å²) in [7, 11) is 1.64. The molecule has 1 aliphatic rings. The van der Waals surface area contributed by atoms with Gasteiger partial charge in [0, 0.05) is 23.6 Å². The smallest absolute Gasteiger partial charge is 0.245 e. The Kier molecular flexibility index (Phi) is 3.92. The Labute approximate surface area is 127 Å². The molecule has 1 amide bonds. The van der Waals surface area contributed by atoms with Gasteiger partial charge in [-0.15, -0.1) is 11.3 Å². The van der Waals surface area contributed by atoms with Crippen LogP contribution in [0.1, 0.15) is 11.3 Å². The number of anilines is 1. The second-order valence-electron chi connectivity index (χ2n) is 4.67. The lowest BCUT2D eigenvalue weighted by Gasteiger charge is -2.36. The third-order valence-corrected chi connectivity index (χ3v) is 4.15. The van der Waals surface area contributed by atoms with E-state index in [2.05, 4.69) is 0 Å². The van der Waals surface area contributed by atoms with Gasteiger partial charge in [-0.25, -0.2) is 5.01 Å². The van der Waals surface area contributed by atoms with Crippen molar-refractivity contribution in [2.24, 2.45) is 0 Å². The van der Waals surface area contributed by atoms with Crippen molar-refractivity contribution in [3.8, 4) is 5.75 Å². The Morgan fingerprint density at radius 1 is 1.29 bits per heavy atom. The maximum atomic E-state index is 12.3. The zero-order valence-corrected chi connectivity index (χ0v) is 12.5. The molecule has 1 aliphatic heterocycles. The lowest BCUT2D eigenvalue weighted by Crippen LogP contribution is -2.45. The SMILES string of the molecule is COc1cccc(N2C=CCC(=O)N2Cc2cccs2)c1. The molecule has 5 heteroatoms. The summed E-state index contributed by atoms with van der Waals surface area (Å²) in [6.45, 7) is 0.581. The van der Waals surface area contributed by atoms with Crippen LogP contribution in [0, 0.1) is 0 Å². The molecule has 0 atom stereocenters. The van der Waals surface area contributed by atoms with Crippen molar-refractivity contribution in [3.05, 3.63) is 58.9 Å². The van der Waals surface area contributed by atoms with Crippen LogP contribution in [0.25, 0.3) is 0 Å². The van der Waals surface area contributed by atoms with Crippen LogP contribution in [-0.4, -0.2) is 18.0 Å². The quantitative estimate of drug-likeness (QED) is 0.867. The van der Waals surface area contributed by atoms with Crippen molar-refractivity contribution >= 4 is 22.9 Å². The number of carbonyl (C=O) groups is 1. The maximum absolute atomic E-state index is 12.3. The van der Waals surface area contributed by atoms with Crippen molar-refractivity contribution < 1.29 is 9.53 Å². The summed E-state index contributed by atoms with van der Waals surface area (Å²) in [5.74, 6) is 0.865. The number of hydrogen-bond donors (Lipinski definition) is 0. The molecular formula is C16H16N2O2S. The average molecular weight is 300 g/mol. The van der Waals surface area contributed by atoms with E-state index in [1.807, 2.05) is 59.1 Å². The molecule has 2 aromatic rings. The van der Waals surface area contributed by atoms with Gasteiger partial charge in [-0.1, -0.05) is 18.2 Å². The first-order chi connectivity index (χ1) is 10.3. The fourth-order valence-corrected chi connectivity index (χ4v) is 2.94. The highest BCUT2D eigenvalue weighted by atomic mass is 32.1. The molecular weight excluding hydrogens is 284 g/mol. The topological polar surface area (TPSA) is 32.8 Å². The number of carbonyl (C=O) groups excluding carboxylic acids is 1. The molecule has 0 fully saturated rings. The van der Waals surface area contributed by atoms with Gasteiger partial charge in [0.2, 0.25) is 5.91 Å². The molecule has 0 N–H and O–H groups in total. The van der Waals surface area contributed by atoms with Gasteiger partial charge in [-0.05, 0) is 23.6 Å². The van der Waals surface area contributed by atoms with Gasteiger partial charge >= 0.3 is 0 Å². The summed E-state index contributed by atoms with van der Waals surface area (Å²) in [4.78, 5) is 13.4. The van der Waals surface area contributed by atoms with Crippen LogP contribution in [0.2, 0.25) is 0 Å². The van der Waals surface area contributed by atoms with Crippen LogP contribution in [0.3, 0.4) is 0 Å². The summed E-state index contributed by atoms with van der Waals surface area (Å²) in [6, 6.07) is 11.7. The number of ether oxygens (including phenoxy) is 1. The Bertz CT molecular complexity index is 652. The maximum Gasteiger partial charge on any atom is 0.245 e. The van der Waals surface area contributed by atoms with Gasteiger partial charge in [0.15, 0.2) is 0 Å². The first-order valence-corrected chi connectivity index (χ1v) is 7.58. The molecule has 2 heterocycles. The number of thiophene rings is 1. The van der Waals surface area contributed by atoms with Gasteiger partial charge in [-0.3, -0.25) is 9.80 Å². The predicted octanol–water partition coefficient (Wildman–Crippen LogP) is 3.42. The van der Waals surface area contributed by atoms with Crippen LogP contribution >= 0.6 is 11.3 Å². The van der Waals surface area contributed by atoms with Crippen LogP contribution < -0.4 is 9.75 Å². The fraction of sp³-hybridized carbons (Fsp3) is 0.188. The first kappa shape index (κ1) is 13.7. The highest BCUT2D eigenvalue weighted by Crippen LogP contribution is 2.27. The number of rotatable bonds is 4. The number of nitrogens with zero attached hydrogens (tertiary/aromatic N) is 2. The summed E-state index contributed by atoms with van der Waals surface area (Å²) in [5.41, 5.74) is 0.912. The Morgan fingerprint density at radius 3 is 2.95 bits per heavy atom. The van der Waals surface area contributed by atoms with Crippen molar-refractivity contribution in [2.45, 2.75) is 13.0 Å². The number of methoxy groups -OCH3 is 1. The van der Waals surface area contributed by atoms with E-state index in [4.69, 9.17) is 4.74 Å². The fourth-order valence-electron chi connectivity index (χ4n) is 2.25. The average Bonchev–Trinajstić information content (AvgIpc) is 3.02. The monoisotopic (exact) mass is 300 g/mol. The van der Waals surface area contributed by atoms with Crippen molar-refractivity contribution in [2.75, 3.05) is 12.1 Å². The highest BCUT2D eigenvalue weighted by molar-refractivity contribution is 7.09. The number of benzene rings is 1. The first-order valence-electron chi connectivity index (χ1n) is 6.70. The van der Waals surface area contributed by atoms with Gasteiger partial charge in [0.25, 0.3) is 0 Å². The molecule has 0 spiro atoms. The van der Waals surface area contributed by atoms with Crippen LogP contribution in [0.15, 0.2) is 54.1 Å². The summed E-state index contributed by atoms with van der Waals surface area (Å²) < 4.78 is 5.26. The van der Waals surface area contributed by atoms with Crippen molar-refractivity contribution in [1.29, 1.82) is 0 Å². The minimum absolute atomic E-state index is 0.0914. The third-order valence-electron chi connectivity index (χ3n) is 3.29. The van der Waals surface area contributed by atoms with Crippen LogP contribution in [0.4, 0.5) is 5.69 Å². The van der Waals surface area contributed by atoms with Gasteiger partial charge < -0.3 is 4.74 Å². The van der Waals surface area contributed by atoms with E-state index in [0.717, 1.165) is 16.3 Å². The predicted molar refractivity (Wildman–Crippen MR) is 84.1 cm³/mol. The molecule has 4 nitrogen and oxygen atoms in total. The molecule has 0 saturated heterocycles. The minimum Gasteiger partial charge on any atom is -0.497 e. The standard InChI is InChI=1S/C16H16N2O2S/c1-20-14-6-2-5-13(11-14)17-9-3-8-16(19)18(17)12-15-7-4-10-21-15/h2-7,9-11H,8,12H2,1H3. The normalized spacial score (nSPS) is 14.6. The molecule has 21 heavy (non-hydrogen) atoms. The van der Waals surface area contributed by atoms with E-state index >= 15 is 0 Å². The summed E-state index contributed by atoms with van der Waals surface area (Å²) >= 11 is 1.65. The Balaban J connectivity index is 1.91. The highest BCUT2D eigenvalue weighted by Gasteiger charge is 2.23. The molecule has 0 radical (unpaired) electrons. The van der Waals surface area contributed by atoms with E-state index in [9.17, 15) is 4.79 Å². The lowest BCUT2D eigenvalue weighted by atomic mass is 10.2. The molecule has 0 saturated carbocycles. The van der Waals surface area contributed by atoms with E-state index in [0.29, 0.717) is 13.0 Å². The van der Waals surface area contributed by atoms with Crippen LogP contribution in [-0.2, 0) is 11.3 Å². The Morgan fingerprint density at radius 2 is 2.19 bits per heavy atom. The molecule has 0 unspecified atom stereocenters. The third kappa shape index (κ3) is 2.92. The Hall–Kier alpha value is -2.27. The molecule has 0 bridgehead atoms. The molecule has 3 rings (SSSR count). The lowest BCUT2D eigenvalue weighted by molar-refractivity contribution is -0.131. The second-order valence-corrected chi connectivity index (χ2v) is 5.70. The van der Waals surface area contributed by atoms with Crippen molar-refractivity contribution in [1.82, 2.24) is 5.01 Å².